The first-order valence-corrected chi connectivity index (χ1v) is 10.5. The van der Waals surface area contributed by atoms with Gasteiger partial charge in [-0.25, -0.2) is 0 Å². The number of thioether (sulfide) groups is 1. The molecule has 2 aliphatic heterocycles. The number of nitrogens with one attached hydrogen (secondary N) is 3. The van der Waals surface area contributed by atoms with Crippen LogP contribution in [0.1, 0.15) is 6.42 Å². The van der Waals surface area contributed by atoms with Gasteiger partial charge < -0.3 is 10.1 Å². The number of para-hydroxylation sites is 2. The molecule has 2 aromatic rings. The van der Waals surface area contributed by atoms with E-state index in [4.69, 9.17) is 16.3 Å². The number of hydrogen-bond acceptors (Lipinski definition) is 6. The van der Waals surface area contributed by atoms with Gasteiger partial charge in [0.15, 0.2) is 6.61 Å². The number of hydrazine groups is 1. The second-order valence-electron chi connectivity index (χ2n) is 6.77. The summed E-state index contributed by atoms with van der Waals surface area (Å²) >= 11 is 7.17. The van der Waals surface area contributed by atoms with Gasteiger partial charge >= 0.3 is 0 Å². The van der Waals surface area contributed by atoms with Crippen molar-refractivity contribution in [1.29, 1.82) is 0 Å². The molecule has 3 N–H and O–H groups in total. The third kappa shape index (κ3) is 4.75. The molecule has 0 aliphatic carbocycles. The molecule has 2 aliphatic rings. The Kier molecular flexibility index (Phi) is 6.01. The van der Waals surface area contributed by atoms with Gasteiger partial charge in [-0.3, -0.25) is 34.9 Å². The monoisotopic (exact) mass is 460 g/mol. The number of carbonyl (C=O) groups excluding carboxylic acids is 4. The average molecular weight is 461 g/mol. The summed E-state index contributed by atoms with van der Waals surface area (Å²) < 4.78 is 5.33. The van der Waals surface area contributed by atoms with E-state index in [1.165, 1.54) is 16.7 Å². The number of fused-ring (bicyclic) bond motifs is 2. The van der Waals surface area contributed by atoms with Crippen LogP contribution in [-0.2, 0) is 19.2 Å². The lowest BCUT2D eigenvalue weighted by atomic mass is 10.2. The van der Waals surface area contributed by atoms with E-state index in [2.05, 4.69) is 16.2 Å². The summed E-state index contributed by atoms with van der Waals surface area (Å²) in [7, 11) is 0. The fourth-order valence-corrected chi connectivity index (χ4v) is 4.39. The molecule has 0 radical (unpaired) electrons. The highest BCUT2D eigenvalue weighted by Gasteiger charge is 2.30. The van der Waals surface area contributed by atoms with Crippen molar-refractivity contribution in [1.82, 2.24) is 10.9 Å². The summed E-state index contributed by atoms with van der Waals surface area (Å²) in [6.07, 6.45) is -0.141. The van der Waals surface area contributed by atoms with Crippen molar-refractivity contribution in [2.24, 2.45) is 0 Å². The van der Waals surface area contributed by atoms with Crippen molar-refractivity contribution in [2.75, 3.05) is 23.4 Å². The minimum atomic E-state index is -0.654. The molecule has 9 nitrogen and oxygen atoms in total. The summed E-state index contributed by atoms with van der Waals surface area (Å²) in [6.45, 7) is -0.455. The van der Waals surface area contributed by atoms with E-state index in [1.54, 1.807) is 42.5 Å². The van der Waals surface area contributed by atoms with Crippen molar-refractivity contribution < 1.29 is 23.9 Å². The molecule has 2 heterocycles. The maximum atomic E-state index is 12.3. The van der Waals surface area contributed by atoms with Crippen LogP contribution in [0.4, 0.5) is 11.4 Å². The van der Waals surface area contributed by atoms with Crippen LogP contribution in [0.15, 0.2) is 47.4 Å². The third-order valence-corrected chi connectivity index (χ3v) is 6.09. The van der Waals surface area contributed by atoms with Crippen molar-refractivity contribution in [3.63, 3.8) is 0 Å². The van der Waals surface area contributed by atoms with Gasteiger partial charge in [-0.2, -0.15) is 0 Å². The molecule has 31 heavy (non-hydrogen) atoms. The third-order valence-electron chi connectivity index (χ3n) is 4.58. The number of rotatable bonds is 4. The van der Waals surface area contributed by atoms with Gasteiger partial charge in [0, 0.05) is 16.3 Å². The number of anilines is 2. The van der Waals surface area contributed by atoms with Crippen molar-refractivity contribution in [3.8, 4) is 5.75 Å². The lowest BCUT2D eigenvalue weighted by molar-refractivity contribution is -0.129. The predicted molar refractivity (Wildman–Crippen MR) is 115 cm³/mol. The van der Waals surface area contributed by atoms with Gasteiger partial charge in [0.25, 0.3) is 11.8 Å². The van der Waals surface area contributed by atoms with Crippen LogP contribution in [0.3, 0.4) is 0 Å². The zero-order valence-electron chi connectivity index (χ0n) is 16.0. The summed E-state index contributed by atoms with van der Waals surface area (Å²) in [5.74, 6) is -1.31. The second-order valence-corrected chi connectivity index (χ2v) is 8.45. The number of halogens is 1. The molecular weight excluding hydrogens is 444 g/mol. The highest BCUT2D eigenvalue weighted by atomic mass is 35.5. The fourth-order valence-electron chi connectivity index (χ4n) is 3.13. The van der Waals surface area contributed by atoms with E-state index < -0.39 is 17.1 Å². The fraction of sp³-hybridized carbons (Fsp3) is 0.200. The molecular formula is C20H17ClN4O5S. The van der Waals surface area contributed by atoms with Gasteiger partial charge in [0.2, 0.25) is 11.8 Å². The second kappa shape index (κ2) is 8.86. The minimum Gasteiger partial charge on any atom is -0.482 e. The van der Waals surface area contributed by atoms with Crippen molar-refractivity contribution in [3.05, 3.63) is 47.5 Å². The Morgan fingerprint density at radius 3 is 2.77 bits per heavy atom. The minimum absolute atomic E-state index is 0.141. The largest absolute Gasteiger partial charge is 0.482 e. The molecule has 0 spiro atoms. The van der Waals surface area contributed by atoms with E-state index in [9.17, 15) is 19.2 Å². The molecule has 0 unspecified atom stereocenters. The van der Waals surface area contributed by atoms with Crippen molar-refractivity contribution >= 4 is 58.4 Å². The molecule has 1 atom stereocenters. The van der Waals surface area contributed by atoms with E-state index >= 15 is 0 Å². The van der Waals surface area contributed by atoms with Crippen LogP contribution < -0.4 is 25.8 Å². The first kappa shape index (κ1) is 21.0. The first-order valence-electron chi connectivity index (χ1n) is 9.27. The topological polar surface area (TPSA) is 117 Å². The zero-order valence-corrected chi connectivity index (χ0v) is 17.6. The number of amides is 4. The van der Waals surface area contributed by atoms with Gasteiger partial charge in [-0.15, -0.1) is 11.8 Å². The summed E-state index contributed by atoms with van der Waals surface area (Å²) in [5, 5.41) is 2.57. The number of carbonyl (C=O) groups is 4. The molecule has 4 rings (SSSR count). The van der Waals surface area contributed by atoms with Crippen LogP contribution in [0.5, 0.6) is 5.75 Å². The molecule has 0 bridgehead atoms. The molecule has 4 amide bonds. The lowest BCUT2D eigenvalue weighted by Crippen LogP contribution is -2.50. The summed E-state index contributed by atoms with van der Waals surface area (Å²) in [6, 6.07) is 12.0. The quantitative estimate of drug-likeness (QED) is 0.598. The zero-order chi connectivity index (χ0) is 22.0. The van der Waals surface area contributed by atoms with Crippen LogP contribution in [0.25, 0.3) is 0 Å². The van der Waals surface area contributed by atoms with E-state index in [0.29, 0.717) is 22.1 Å². The summed E-state index contributed by atoms with van der Waals surface area (Å²) in [4.78, 5) is 51.0. The van der Waals surface area contributed by atoms with Gasteiger partial charge in [0.1, 0.15) is 12.3 Å². The van der Waals surface area contributed by atoms with Gasteiger partial charge in [0.05, 0.1) is 16.6 Å². The molecule has 0 saturated heterocycles. The smallest absolute Gasteiger partial charge is 0.265 e. The van der Waals surface area contributed by atoms with E-state index in [-0.39, 0.29) is 31.4 Å². The van der Waals surface area contributed by atoms with Gasteiger partial charge in [-0.1, -0.05) is 23.7 Å². The number of ether oxygens (including phenoxy) is 1. The number of benzene rings is 2. The Morgan fingerprint density at radius 2 is 1.94 bits per heavy atom. The molecule has 11 heteroatoms. The lowest BCUT2D eigenvalue weighted by Gasteiger charge is -2.28. The molecule has 2 aromatic carbocycles. The van der Waals surface area contributed by atoms with Gasteiger partial charge in [-0.05, 0) is 30.3 Å². The molecule has 0 saturated carbocycles. The Balaban J connectivity index is 1.30. The number of hydrogen-bond donors (Lipinski definition) is 3. The first-order chi connectivity index (χ1) is 14.9. The SMILES string of the molecule is O=C(C[C@H]1Sc2ccc(Cl)cc2NC1=O)NNC(=O)CN1C(=O)COc2ccccc21. The highest BCUT2D eigenvalue weighted by molar-refractivity contribution is 8.01. The van der Waals surface area contributed by atoms with Crippen LogP contribution in [-0.4, -0.2) is 42.0 Å². The summed E-state index contributed by atoms with van der Waals surface area (Å²) in [5.41, 5.74) is 5.65. The van der Waals surface area contributed by atoms with E-state index in [0.717, 1.165) is 4.90 Å². The van der Waals surface area contributed by atoms with Crippen LogP contribution >= 0.6 is 23.4 Å². The maximum Gasteiger partial charge on any atom is 0.265 e. The number of nitrogens with zero attached hydrogens (tertiary/aromatic N) is 1. The maximum absolute atomic E-state index is 12.3. The Hall–Kier alpha value is -3.24. The molecule has 160 valence electrons. The Labute approximate surface area is 186 Å². The van der Waals surface area contributed by atoms with E-state index in [1.807, 2.05) is 0 Å². The average Bonchev–Trinajstić information content (AvgIpc) is 2.75. The normalized spacial score (nSPS) is 17.1. The Bertz CT molecular complexity index is 1080. The molecule has 0 fully saturated rings. The highest BCUT2D eigenvalue weighted by Crippen LogP contribution is 2.38. The predicted octanol–water partition coefficient (Wildman–Crippen LogP) is 1.72. The van der Waals surface area contributed by atoms with Crippen molar-refractivity contribution in [2.45, 2.75) is 16.6 Å². The molecule has 0 aromatic heterocycles. The van der Waals surface area contributed by atoms with Crippen LogP contribution in [0, 0.1) is 0 Å². The standard InChI is InChI=1S/C20H17ClN4O5S/c21-11-5-6-15-12(7-11)22-20(29)16(31-15)8-17(26)23-24-18(27)9-25-13-3-1-2-4-14(13)30-10-19(25)28/h1-7,16H,8-10H2,(H,22,29)(H,23,26)(H,24,27)/t16-/m1/s1. The van der Waals surface area contributed by atoms with Crippen LogP contribution in [0.2, 0.25) is 5.02 Å². The Morgan fingerprint density at radius 1 is 1.16 bits per heavy atom.